The van der Waals surface area contributed by atoms with E-state index in [1.54, 1.807) is 54.6 Å². The van der Waals surface area contributed by atoms with Crippen molar-refractivity contribution in [3.05, 3.63) is 126 Å². The quantitative estimate of drug-likeness (QED) is 0.174. The molecule has 0 saturated heterocycles. The van der Waals surface area contributed by atoms with E-state index in [2.05, 4.69) is 5.32 Å². The monoisotopic (exact) mass is 645 g/mol. The largest absolute Gasteiger partial charge is 0.494 e. The van der Waals surface area contributed by atoms with Crippen molar-refractivity contribution in [2.24, 2.45) is 0 Å². The molecule has 4 rings (SSSR count). The maximum absolute atomic E-state index is 15.0. The van der Waals surface area contributed by atoms with Crippen molar-refractivity contribution in [2.45, 2.75) is 51.1 Å². The Bertz CT molecular complexity index is 1700. The lowest BCUT2D eigenvalue weighted by molar-refractivity contribution is -0.140. The van der Waals surface area contributed by atoms with Crippen molar-refractivity contribution in [2.75, 3.05) is 24.0 Å². The number of rotatable bonds is 15. The number of hydrogen-bond donors (Lipinski definition) is 1. The number of benzene rings is 4. The maximum atomic E-state index is 15.0. The van der Waals surface area contributed by atoms with E-state index in [1.165, 1.54) is 23.1 Å². The highest BCUT2D eigenvalue weighted by Gasteiger charge is 2.35. The molecule has 4 aromatic rings. The number of aryl methyl sites for hydroxylation is 1. The van der Waals surface area contributed by atoms with Crippen LogP contribution in [0.3, 0.4) is 0 Å². The average Bonchev–Trinajstić information content (AvgIpc) is 3.06. The number of amides is 2. The smallest absolute Gasteiger partial charge is 0.264 e. The summed E-state index contributed by atoms with van der Waals surface area (Å²) in [4.78, 5) is 29.4. The van der Waals surface area contributed by atoms with E-state index in [-0.39, 0.29) is 29.1 Å². The van der Waals surface area contributed by atoms with Crippen LogP contribution in [-0.2, 0) is 32.6 Å². The lowest BCUT2D eigenvalue weighted by atomic mass is 10.0. The number of sulfonamides is 1. The molecule has 1 atom stereocenters. The Morgan fingerprint density at radius 3 is 2.15 bits per heavy atom. The Hall–Kier alpha value is -4.70. The fourth-order valence-electron chi connectivity index (χ4n) is 4.97. The van der Waals surface area contributed by atoms with Crippen molar-refractivity contribution in [1.82, 2.24) is 10.2 Å². The van der Waals surface area contributed by atoms with Crippen LogP contribution in [-0.4, -0.2) is 50.9 Å². The number of nitrogens with one attached hydrogen (secondary N) is 1. The number of ether oxygens (including phenoxy) is 1. The Morgan fingerprint density at radius 1 is 0.870 bits per heavy atom. The van der Waals surface area contributed by atoms with E-state index in [0.717, 1.165) is 15.4 Å². The second-order valence-electron chi connectivity index (χ2n) is 10.9. The van der Waals surface area contributed by atoms with Gasteiger partial charge >= 0.3 is 0 Å². The second kappa shape index (κ2) is 16.0. The summed E-state index contributed by atoms with van der Waals surface area (Å²) in [5.41, 5.74) is 2.18. The third-order valence-corrected chi connectivity index (χ3v) is 9.23. The van der Waals surface area contributed by atoms with Gasteiger partial charge in [-0.1, -0.05) is 73.2 Å². The highest BCUT2D eigenvalue weighted by molar-refractivity contribution is 7.92. The fourth-order valence-corrected chi connectivity index (χ4v) is 6.39. The van der Waals surface area contributed by atoms with Gasteiger partial charge in [0, 0.05) is 25.1 Å². The van der Waals surface area contributed by atoms with Crippen molar-refractivity contribution >= 4 is 27.5 Å². The first-order valence-corrected chi connectivity index (χ1v) is 16.7. The molecule has 46 heavy (non-hydrogen) atoms. The number of carbonyl (C=O) groups excluding carboxylic acids is 2. The van der Waals surface area contributed by atoms with E-state index in [4.69, 9.17) is 4.74 Å². The number of hydrogen-bond acceptors (Lipinski definition) is 5. The van der Waals surface area contributed by atoms with E-state index in [0.29, 0.717) is 25.3 Å². The van der Waals surface area contributed by atoms with Crippen LogP contribution >= 0.6 is 0 Å². The van der Waals surface area contributed by atoms with Gasteiger partial charge in [0.1, 0.15) is 24.2 Å². The van der Waals surface area contributed by atoms with Crippen LogP contribution in [0.1, 0.15) is 37.0 Å². The number of carbonyl (C=O) groups is 2. The minimum Gasteiger partial charge on any atom is -0.494 e. The van der Waals surface area contributed by atoms with Crippen LogP contribution in [0.2, 0.25) is 0 Å². The second-order valence-corrected chi connectivity index (χ2v) is 12.7. The molecule has 10 heteroatoms. The molecule has 0 aromatic heterocycles. The normalized spacial score (nSPS) is 11.8. The van der Waals surface area contributed by atoms with Crippen LogP contribution in [0.15, 0.2) is 108 Å². The van der Waals surface area contributed by atoms with Gasteiger partial charge in [0.15, 0.2) is 0 Å². The Morgan fingerprint density at radius 2 is 1.52 bits per heavy atom. The molecule has 0 aliphatic heterocycles. The third kappa shape index (κ3) is 8.72. The zero-order valence-corrected chi connectivity index (χ0v) is 27.2. The number of anilines is 1. The van der Waals surface area contributed by atoms with Crippen LogP contribution in [0.5, 0.6) is 5.75 Å². The summed E-state index contributed by atoms with van der Waals surface area (Å²) in [6.07, 6.45) is 0.819. The molecule has 0 heterocycles. The minimum atomic E-state index is -4.27. The zero-order valence-electron chi connectivity index (χ0n) is 26.4. The Labute approximate surface area is 270 Å². The molecule has 4 aromatic carbocycles. The predicted octanol–water partition coefficient (Wildman–Crippen LogP) is 5.89. The van der Waals surface area contributed by atoms with Crippen LogP contribution in [0.25, 0.3) is 0 Å². The molecule has 0 fully saturated rings. The third-order valence-electron chi connectivity index (χ3n) is 7.44. The van der Waals surface area contributed by atoms with Crippen LogP contribution in [0.4, 0.5) is 10.1 Å². The lowest BCUT2D eigenvalue weighted by Crippen LogP contribution is -2.53. The molecule has 0 bridgehead atoms. The van der Waals surface area contributed by atoms with Gasteiger partial charge in [-0.15, -0.1) is 0 Å². The van der Waals surface area contributed by atoms with Crippen molar-refractivity contribution < 1.29 is 27.1 Å². The summed E-state index contributed by atoms with van der Waals surface area (Å²) >= 11 is 0. The summed E-state index contributed by atoms with van der Waals surface area (Å²) in [6, 6.07) is 27.0. The van der Waals surface area contributed by atoms with Crippen molar-refractivity contribution in [3.63, 3.8) is 0 Å². The molecule has 8 nitrogen and oxygen atoms in total. The SMILES string of the molecule is CCCNC(=O)C(Cc1ccccc1)N(Cc1ccccc1F)C(=O)CN(c1ccc(C)cc1)S(=O)(=O)c1ccc(OCC)cc1. The zero-order chi connectivity index (χ0) is 33.1. The highest BCUT2D eigenvalue weighted by Crippen LogP contribution is 2.27. The van der Waals surface area contributed by atoms with Gasteiger partial charge in [0.05, 0.1) is 17.2 Å². The van der Waals surface area contributed by atoms with Crippen molar-refractivity contribution in [1.29, 1.82) is 0 Å². The molecule has 2 amide bonds. The number of halogens is 1. The van der Waals surface area contributed by atoms with Gasteiger partial charge in [-0.05, 0) is 68.3 Å². The Balaban J connectivity index is 1.79. The molecule has 0 aliphatic rings. The van der Waals surface area contributed by atoms with Crippen LogP contribution < -0.4 is 14.4 Å². The molecular formula is C36H40FN3O5S. The summed E-state index contributed by atoms with van der Waals surface area (Å²) in [6.45, 7) is 5.56. The van der Waals surface area contributed by atoms with E-state index >= 15 is 4.39 Å². The molecule has 1 unspecified atom stereocenters. The maximum Gasteiger partial charge on any atom is 0.264 e. The molecule has 0 radical (unpaired) electrons. The molecule has 0 saturated carbocycles. The fraction of sp³-hybridized carbons (Fsp3) is 0.278. The van der Waals surface area contributed by atoms with Crippen molar-refractivity contribution in [3.8, 4) is 5.75 Å². The summed E-state index contributed by atoms with van der Waals surface area (Å²) < 4.78 is 49.9. The van der Waals surface area contributed by atoms with Gasteiger partial charge in [0.2, 0.25) is 11.8 Å². The van der Waals surface area contributed by atoms with Crippen LogP contribution in [0, 0.1) is 12.7 Å². The standard InChI is InChI=1S/C36H40FN3O5S/c1-4-23-38-36(42)34(24-28-11-7-6-8-12-28)39(25-29-13-9-10-14-33(29)37)35(41)26-40(30-17-15-27(3)16-18-30)46(43,44)32-21-19-31(20-22-32)45-5-2/h6-22,34H,4-5,23-26H2,1-3H3,(H,38,42). The summed E-state index contributed by atoms with van der Waals surface area (Å²) in [7, 11) is -4.27. The van der Waals surface area contributed by atoms with Gasteiger partial charge in [-0.3, -0.25) is 13.9 Å². The average molecular weight is 646 g/mol. The van der Waals surface area contributed by atoms with E-state index < -0.39 is 40.2 Å². The molecule has 242 valence electrons. The topological polar surface area (TPSA) is 96.0 Å². The van der Waals surface area contributed by atoms with Gasteiger partial charge in [-0.25, -0.2) is 12.8 Å². The molecule has 1 N–H and O–H groups in total. The predicted molar refractivity (Wildman–Crippen MR) is 178 cm³/mol. The van der Waals surface area contributed by atoms with E-state index in [9.17, 15) is 18.0 Å². The Kier molecular flexibility index (Phi) is 11.9. The molecule has 0 aliphatic carbocycles. The first kappa shape index (κ1) is 34.2. The first-order valence-electron chi connectivity index (χ1n) is 15.3. The highest BCUT2D eigenvalue weighted by atomic mass is 32.2. The molecular weight excluding hydrogens is 605 g/mol. The molecule has 0 spiro atoms. The first-order chi connectivity index (χ1) is 22.1. The lowest BCUT2D eigenvalue weighted by Gasteiger charge is -2.34. The van der Waals surface area contributed by atoms with Gasteiger partial charge < -0.3 is 15.0 Å². The summed E-state index contributed by atoms with van der Waals surface area (Å²) in [5, 5.41) is 2.88. The van der Waals surface area contributed by atoms with Gasteiger partial charge in [-0.2, -0.15) is 0 Å². The van der Waals surface area contributed by atoms with E-state index in [1.807, 2.05) is 51.1 Å². The summed E-state index contributed by atoms with van der Waals surface area (Å²) in [5.74, 6) is -1.10. The number of nitrogens with zero attached hydrogens (tertiary/aromatic N) is 2. The van der Waals surface area contributed by atoms with Gasteiger partial charge in [0.25, 0.3) is 10.0 Å². The minimum absolute atomic E-state index is 0.0356.